The van der Waals surface area contributed by atoms with Gasteiger partial charge in [-0.3, -0.25) is 4.79 Å². The maximum atomic E-state index is 12.5. The molecule has 0 amide bonds. The molecule has 0 unspecified atom stereocenters. The molecule has 0 aromatic rings. The van der Waals surface area contributed by atoms with Crippen molar-refractivity contribution in [2.45, 2.75) is 73.3 Å². The first-order valence-electron chi connectivity index (χ1n) is 9.05. The molecule has 2 bridgehead atoms. The van der Waals surface area contributed by atoms with Crippen molar-refractivity contribution in [2.24, 2.45) is 28.1 Å². The highest BCUT2D eigenvalue weighted by molar-refractivity contribution is 6.01. The van der Waals surface area contributed by atoms with Crippen LogP contribution < -0.4 is 0 Å². The number of rotatable bonds is 1. The highest BCUT2D eigenvalue weighted by Gasteiger charge is 2.66. The summed E-state index contributed by atoms with van der Waals surface area (Å²) in [4.78, 5) is 15.1. The van der Waals surface area contributed by atoms with Gasteiger partial charge < -0.3 is 4.90 Å². The first-order valence-corrected chi connectivity index (χ1v) is 9.05. The Balaban J connectivity index is 1.68. The fourth-order valence-corrected chi connectivity index (χ4v) is 6.62. The lowest BCUT2D eigenvalue weighted by atomic mass is 9.65. The number of carbonyl (C=O) groups excluding carboxylic acids is 1. The van der Waals surface area contributed by atoms with Crippen molar-refractivity contribution in [2.75, 3.05) is 6.54 Å². The molecule has 0 aromatic heterocycles. The molecule has 3 aliphatic carbocycles. The van der Waals surface area contributed by atoms with Gasteiger partial charge in [0.15, 0.2) is 5.78 Å². The average molecular weight is 301 g/mol. The first kappa shape index (κ1) is 14.8. The Labute approximate surface area is 135 Å². The molecular formula is C20H31NO. The molecule has 4 aliphatic rings. The van der Waals surface area contributed by atoms with Crippen LogP contribution in [-0.4, -0.2) is 23.3 Å². The zero-order valence-corrected chi connectivity index (χ0v) is 15.1. The molecule has 4 fully saturated rings. The van der Waals surface area contributed by atoms with E-state index in [4.69, 9.17) is 0 Å². The van der Waals surface area contributed by atoms with Gasteiger partial charge in [0.25, 0.3) is 0 Å². The fraction of sp³-hybridized carbons (Fsp3) is 0.850. The third-order valence-electron chi connectivity index (χ3n) is 7.30. The van der Waals surface area contributed by atoms with E-state index in [1.54, 1.807) is 0 Å². The van der Waals surface area contributed by atoms with Crippen molar-refractivity contribution in [1.82, 2.24) is 4.90 Å². The number of hydrogen-bond donors (Lipinski definition) is 0. The van der Waals surface area contributed by atoms with E-state index in [1.165, 1.54) is 30.5 Å². The molecule has 2 heteroatoms. The topological polar surface area (TPSA) is 20.3 Å². The van der Waals surface area contributed by atoms with Crippen LogP contribution in [0.2, 0.25) is 0 Å². The van der Waals surface area contributed by atoms with Crippen LogP contribution in [0, 0.1) is 28.1 Å². The predicted molar refractivity (Wildman–Crippen MR) is 89.3 cm³/mol. The van der Waals surface area contributed by atoms with Crippen molar-refractivity contribution >= 4 is 5.78 Å². The average Bonchev–Trinajstić information content (AvgIpc) is 2.70. The number of likely N-dealkylation sites (tertiary alicyclic amines) is 1. The van der Waals surface area contributed by atoms with Gasteiger partial charge in [-0.1, -0.05) is 34.6 Å². The van der Waals surface area contributed by atoms with E-state index in [9.17, 15) is 4.79 Å². The molecular weight excluding hydrogens is 270 g/mol. The third-order valence-corrected chi connectivity index (χ3v) is 7.30. The van der Waals surface area contributed by atoms with Crippen LogP contribution in [0.25, 0.3) is 0 Å². The lowest BCUT2D eigenvalue weighted by Crippen LogP contribution is -2.34. The number of allylic oxidation sites excluding steroid dienone is 2. The molecule has 0 N–H and O–H groups in total. The Kier molecular flexibility index (Phi) is 2.68. The monoisotopic (exact) mass is 301 g/mol. The van der Waals surface area contributed by atoms with E-state index in [0.29, 0.717) is 39.9 Å². The molecule has 1 heterocycles. The van der Waals surface area contributed by atoms with E-state index >= 15 is 0 Å². The summed E-state index contributed by atoms with van der Waals surface area (Å²) in [6, 6.07) is 0.648. The number of Topliss-reactive ketones (excluding diaryl/α,β-unsaturated/α-hetero) is 1. The second kappa shape index (κ2) is 3.99. The third kappa shape index (κ3) is 1.88. The molecule has 1 saturated heterocycles. The van der Waals surface area contributed by atoms with Gasteiger partial charge in [0, 0.05) is 30.3 Å². The quantitative estimate of drug-likeness (QED) is 0.669. The first-order chi connectivity index (χ1) is 10.0. The van der Waals surface area contributed by atoms with E-state index in [0.717, 1.165) is 13.0 Å². The zero-order valence-electron chi connectivity index (χ0n) is 15.1. The summed E-state index contributed by atoms with van der Waals surface area (Å²) in [7, 11) is 0. The molecule has 122 valence electrons. The van der Waals surface area contributed by atoms with Gasteiger partial charge in [0.2, 0.25) is 0 Å². The molecule has 0 spiro atoms. The van der Waals surface area contributed by atoms with Crippen molar-refractivity contribution < 1.29 is 4.79 Å². The lowest BCUT2D eigenvalue weighted by Gasteiger charge is -2.39. The minimum absolute atomic E-state index is 0.364. The molecule has 4 atom stereocenters. The van der Waals surface area contributed by atoms with E-state index in [2.05, 4.69) is 46.4 Å². The minimum atomic E-state index is 0.364. The van der Waals surface area contributed by atoms with Crippen LogP contribution in [-0.2, 0) is 4.79 Å². The van der Waals surface area contributed by atoms with E-state index < -0.39 is 0 Å². The molecule has 1 aliphatic heterocycles. The summed E-state index contributed by atoms with van der Waals surface area (Å²) < 4.78 is 0. The summed E-state index contributed by atoms with van der Waals surface area (Å²) >= 11 is 0. The second-order valence-corrected chi connectivity index (χ2v) is 10.4. The summed E-state index contributed by atoms with van der Waals surface area (Å²) in [6.07, 6.45) is 4.71. The van der Waals surface area contributed by atoms with E-state index in [1.807, 2.05) is 0 Å². The van der Waals surface area contributed by atoms with Crippen LogP contribution in [0.4, 0.5) is 0 Å². The molecule has 0 aromatic carbocycles. The molecule has 3 saturated carbocycles. The largest absolute Gasteiger partial charge is 0.371 e. The van der Waals surface area contributed by atoms with Gasteiger partial charge in [0.05, 0.1) is 0 Å². The van der Waals surface area contributed by atoms with Gasteiger partial charge in [0.1, 0.15) is 0 Å². The van der Waals surface area contributed by atoms with Crippen molar-refractivity contribution in [3.05, 3.63) is 11.3 Å². The number of ketones is 1. The Bertz CT molecular complexity index is 585. The highest BCUT2D eigenvalue weighted by atomic mass is 16.1. The smallest absolute Gasteiger partial charge is 0.161 e. The Morgan fingerprint density at radius 2 is 1.82 bits per heavy atom. The highest BCUT2D eigenvalue weighted by Crippen LogP contribution is 2.68. The van der Waals surface area contributed by atoms with Crippen molar-refractivity contribution in [3.8, 4) is 0 Å². The number of hydrogen-bond acceptors (Lipinski definition) is 2. The van der Waals surface area contributed by atoms with Crippen LogP contribution in [0.5, 0.6) is 0 Å². The van der Waals surface area contributed by atoms with E-state index in [-0.39, 0.29) is 0 Å². The Morgan fingerprint density at radius 1 is 1.14 bits per heavy atom. The lowest BCUT2D eigenvalue weighted by molar-refractivity contribution is -0.115. The number of carbonyl (C=O) groups is 1. The van der Waals surface area contributed by atoms with Gasteiger partial charge in [-0.05, 0) is 54.3 Å². The Hall–Kier alpha value is -0.790. The van der Waals surface area contributed by atoms with Crippen LogP contribution in [0.1, 0.15) is 67.2 Å². The SMILES string of the molecule is C/C(=C1/C(=O)C[C@@H]2[C@H]1C2(C)C)N1C[C@]2(C)C[C@@H]1CC(C)(C)C2. The normalized spacial score (nSPS) is 46.7. The molecule has 0 radical (unpaired) electrons. The maximum Gasteiger partial charge on any atom is 0.161 e. The van der Waals surface area contributed by atoms with Gasteiger partial charge >= 0.3 is 0 Å². The van der Waals surface area contributed by atoms with Crippen LogP contribution in [0.3, 0.4) is 0 Å². The van der Waals surface area contributed by atoms with Crippen LogP contribution >= 0.6 is 0 Å². The van der Waals surface area contributed by atoms with Gasteiger partial charge in [-0.25, -0.2) is 0 Å². The molecule has 22 heavy (non-hydrogen) atoms. The van der Waals surface area contributed by atoms with Gasteiger partial charge in [-0.2, -0.15) is 0 Å². The summed E-state index contributed by atoms with van der Waals surface area (Å²) in [5.41, 5.74) is 3.77. The summed E-state index contributed by atoms with van der Waals surface area (Å²) in [5.74, 6) is 1.61. The standard InChI is InChI=1S/C20H31NO/c1-12(16-15(22)7-14-17(16)19(14,4)5)21-11-20(6)9-13(21)8-18(2,3)10-20/h13-14,17H,7-11H2,1-6H3/b16-12+/t13-,14+,17+,20+/m0/s1. The van der Waals surface area contributed by atoms with Crippen molar-refractivity contribution in [1.29, 1.82) is 0 Å². The minimum Gasteiger partial charge on any atom is -0.371 e. The number of nitrogens with zero attached hydrogens (tertiary/aromatic N) is 1. The molecule has 4 rings (SSSR count). The summed E-state index contributed by atoms with van der Waals surface area (Å²) in [5, 5.41) is 0. The molecule has 2 nitrogen and oxygen atoms in total. The zero-order chi connectivity index (χ0) is 16.1. The van der Waals surface area contributed by atoms with Gasteiger partial charge in [-0.15, -0.1) is 0 Å². The predicted octanol–water partition coefficient (Wildman–Crippen LogP) is 4.41. The fourth-order valence-electron chi connectivity index (χ4n) is 6.62. The van der Waals surface area contributed by atoms with Crippen LogP contribution in [0.15, 0.2) is 11.3 Å². The summed E-state index contributed by atoms with van der Waals surface area (Å²) in [6.45, 7) is 15.4. The maximum absolute atomic E-state index is 12.5. The number of fused-ring (bicyclic) bond motifs is 3. The Morgan fingerprint density at radius 3 is 2.45 bits per heavy atom. The second-order valence-electron chi connectivity index (χ2n) is 10.4. The van der Waals surface area contributed by atoms with Crippen molar-refractivity contribution in [3.63, 3.8) is 0 Å².